The van der Waals surface area contributed by atoms with Gasteiger partial charge in [-0.3, -0.25) is 0 Å². The molecule has 0 bridgehead atoms. The van der Waals surface area contributed by atoms with Crippen molar-refractivity contribution in [2.75, 3.05) is 16.4 Å². The van der Waals surface area contributed by atoms with Crippen LogP contribution < -0.4 is 16.4 Å². The van der Waals surface area contributed by atoms with Gasteiger partial charge in [0.05, 0.1) is 21.4 Å². The molecule has 0 fully saturated rings. The van der Waals surface area contributed by atoms with Gasteiger partial charge in [0, 0.05) is 10.7 Å². The summed E-state index contributed by atoms with van der Waals surface area (Å²) in [5, 5.41) is 6.37. The zero-order valence-corrected chi connectivity index (χ0v) is 12.4. The highest BCUT2D eigenvalue weighted by atomic mass is 35.5. The van der Waals surface area contributed by atoms with Crippen molar-refractivity contribution in [2.45, 2.75) is 0 Å². The molecule has 0 saturated heterocycles. The monoisotopic (exact) mass is 329 g/mol. The number of nitrogens with one attached hydrogen (secondary N) is 2. The standard InChI is InChI=1S/C13H10Cl3N3O/c14-7-1-3-9(15)12(5-7)19-13(20)18-11-4-2-8(17)6-10(11)16/h1-6H,17H2,(H2,18,19,20). The number of rotatable bonds is 2. The highest BCUT2D eigenvalue weighted by Crippen LogP contribution is 2.27. The first-order valence-corrected chi connectivity index (χ1v) is 6.67. The van der Waals surface area contributed by atoms with Gasteiger partial charge >= 0.3 is 6.03 Å². The van der Waals surface area contributed by atoms with Crippen LogP contribution in [0.4, 0.5) is 21.9 Å². The van der Waals surface area contributed by atoms with Crippen LogP contribution >= 0.6 is 34.8 Å². The molecule has 2 rings (SSSR count). The molecule has 0 atom stereocenters. The minimum absolute atomic E-state index is 0.345. The second-order valence-corrected chi connectivity index (χ2v) is 5.19. The lowest BCUT2D eigenvalue weighted by Crippen LogP contribution is -2.19. The van der Waals surface area contributed by atoms with E-state index in [-0.39, 0.29) is 0 Å². The Morgan fingerprint density at radius 3 is 2.30 bits per heavy atom. The van der Waals surface area contributed by atoms with Crippen LogP contribution in [0, 0.1) is 0 Å². The van der Waals surface area contributed by atoms with Crippen LogP contribution in [0.25, 0.3) is 0 Å². The molecule has 0 aliphatic carbocycles. The molecule has 2 aromatic rings. The maximum absolute atomic E-state index is 11.9. The Morgan fingerprint density at radius 1 is 0.900 bits per heavy atom. The number of nitrogen functional groups attached to an aromatic ring is 1. The number of hydrogen-bond acceptors (Lipinski definition) is 2. The van der Waals surface area contributed by atoms with Gasteiger partial charge in [0.2, 0.25) is 0 Å². The first kappa shape index (κ1) is 14.8. The van der Waals surface area contributed by atoms with E-state index < -0.39 is 6.03 Å². The van der Waals surface area contributed by atoms with Crippen LogP contribution in [0.15, 0.2) is 36.4 Å². The van der Waals surface area contributed by atoms with E-state index >= 15 is 0 Å². The van der Waals surface area contributed by atoms with Crippen molar-refractivity contribution in [2.24, 2.45) is 0 Å². The largest absolute Gasteiger partial charge is 0.399 e. The summed E-state index contributed by atoms with van der Waals surface area (Å²) in [4.78, 5) is 11.9. The van der Waals surface area contributed by atoms with E-state index in [0.29, 0.717) is 32.1 Å². The van der Waals surface area contributed by atoms with Crippen LogP contribution in [-0.2, 0) is 0 Å². The first-order chi connectivity index (χ1) is 9.45. The topological polar surface area (TPSA) is 67.1 Å². The number of hydrogen-bond donors (Lipinski definition) is 3. The second-order valence-electron chi connectivity index (χ2n) is 3.94. The van der Waals surface area contributed by atoms with Crippen molar-refractivity contribution in [1.29, 1.82) is 0 Å². The van der Waals surface area contributed by atoms with Gasteiger partial charge in [-0.15, -0.1) is 0 Å². The van der Waals surface area contributed by atoms with E-state index in [2.05, 4.69) is 10.6 Å². The van der Waals surface area contributed by atoms with Crippen LogP contribution in [0.3, 0.4) is 0 Å². The van der Waals surface area contributed by atoms with Crippen molar-refractivity contribution in [1.82, 2.24) is 0 Å². The lowest BCUT2D eigenvalue weighted by atomic mass is 10.3. The molecule has 104 valence electrons. The lowest BCUT2D eigenvalue weighted by molar-refractivity contribution is 0.262. The lowest BCUT2D eigenvalue weighted by Gasteiger charge is -2.10. The molecule has 4 nitrogen and oxygen atoms in total. The van der Waals surface area contributed by atoms with Crippen molar-refractivity contribution in [3.63, 3.8) is 0 Å². The molecular formula is C13H10Cl3N3O. The molecule has 0 aliphatic rings. The van der Waals surface area contributed by atoms with E-state index in [1.807, 2.05) is 0 Å². The zero-order chi connectivity index (χ0) is 14.7. The molecule has 0 radical (unpaired) electrons. The fourth-order valence-electron chi connectivity index (χ4n) is 1.50. The number of carbonyl (C=O) groups excluding carboxylic acids is 1. The van der Waals surface area contributed by atoms with Gasteiger partial charge in [-0.05, 0) is 36.4 Å². The Bertz CT molecular complexity index is 661. The van der Waals surface area contributed by atoms with Crippen molar-refractivity contribution >= 4 is 57.9 Å². The van der Waals surface area contributed by atoms with Crippen LogP contribution in [0.5, 0.6) is 0 Å². The number of benzene rings is 2. The average molecular weight is 331 g/mol. The average Bonchev–Trinajstić information content (AvgIpc) is 2.37. The van der Waals surface area contributed by atoms with Crippen molar-refractivity contribution < 1.29 is 4.79 Å². The van der Waals surface area contributed by atoms with Gasteiger partial charge in [0.1, 0.15) is 0 Å². The Kier molecular flexibility index (Phi) is 4.60. The molecule has 0 aliphatic heterocycles. The number of carbonyl (C=O) groups is 1. The van der Waals surface area contributed by atoms with E-state index in [1.54, 1.807) is 36.4 Å². The van der Waals surface area contributed by atoms with E-state index in [1.165, 1.54) is 0 Å². The smallest absolute Gasteiger partial charge is 0.323 e. The number of amides is 2. The molecule has 20 heavy (non-hydrogen) atoms. The van der Waals surface area contributed by atoms with Crippen LogP contribution in [0.1, 0.15) is 0 Å². The van der Waals surface area contributed by atoms with E-state index in [0.717, 1.165) is 0 Å². The fourth-order valence-corrected chi connectivity index (χ4v) is 2.08. The molecule has 0 unspecified atom stereocenters. The van der Waals surface area contributed by atoms with E-state index in [9.17, 15) is 4.79 Å². The van der Waals surface area contributed by atoms with Gasteiger partial charge in [-0.2, -0.15) is 0 Å². The highest BCUT2D eigenvalue weighted by molar-refractivity contribution is 6.36. The number of halogens is 3. The molecular weight excluding hydrogens is 321 g/mol. The molecule has 0 aromatic heterocycles. The summed E-state index contributed by atoms with van der Waals surface area (Å²) in [7, 11) is 0. The maximum atomic E-state index is 11.9. The van der Waals surface area contributed by atoms with Crippen molar-refractivity contribution in [3.05, 3.63) is 51.5 Å². The molecule has 7 heteroatoms. The summed E-state index contributed by atoms with van der Waals surface area (Å²) < 4.78 is 0. The van der Waals surface area contributed by atoms with Crippen molar-refractivity contribution in [3.8, 4) is 0 Å². The van der Waals surface area contributed by atoms with Gasteiger partial charge in [-0.1, -0.05) is 34.8 Å². The molecule has 0 spiro atoms. The summed E-state index contributed by atoms with van der Waals surface area (Å²) >= 11 is 17.8. The zero-order valence-electron chi connectivity index (χ0n) is 10.1. The molecule has 0 saturated carbocycles. The summed E-state index contributed by atoms with van der Waals surface area (Å²) in [5.41, 5.74) is 6.93. The van der Waals surface area contributed by atoms with Crippen LogP contribution in [-0.4, -0.2) is 6.03 Å². The predicted octanol–water partition coefficient (Wildman–Crippen LogP) is 4.87. The predicted molar refractivity (Wildman–Crippen MR) is 85.0 cm³/mol. The number of anilines is 3. The number of nitrogens with two attached hydrogens (primary N) is 1. The summed E-state index contributed by atoms with van der Waals surface area (Å²) in [6, 6.07) is 9.07. The SMILES string of the molecule is Nc1ccc(NC(=O)Nc2cc(Cl)ccc2Cl)c(Cl)c1. The molecule has 2 aromatic carbocycles. The first-order valence-electron chi connectivity index (χ1n) is 5.54. The van der Waals surface area contributed by atoms with Gasteiger partial charge < -0.3 is 16.4 Å². The molecule has 4 N–H and O–H groups in total. The Hall–Kier alpha value is -1.62. The quantitative estimate of drug-likeness (QED) is 0.687. The fraction of sp³-hybridized carbons (Fsp3) is 0. The Labute approximate surface area is 130 Å². The third kappa shape index (κ3) is 3.70. The van der Waals surface area contributed by atoms with Crippen LogP contribution in [0.2, 0.25) is 15.1 Å². The number of urea groups is 1. The van der Waals surface area contributed by atoms with Gasteiger partial charge in [0.25, 0.3) is 0 Å². The van der Waals surface area contributed by atoms with E-state index in [4.69, 9.17) is 40.5 Å². The minimum atomic E-state index is -0.485. The molecule has 2 amide bonds. The van der Waals surface area contributed by atoms with Gasteiger partial charge in [-0.25, -0.2) is 4.79 Å². The third-order valence-electron chi connectivity index (χ3n) is 2.42. The Balaban J connectivity index is 2.11. The maximum Gasteiger partial charge on any atom is 0.323 e. The Morgan fingerprint density at radius 2 is 1.60 bits per heavy atom. The summed E-state index contributed by atoms with van der Waals surface area (Å²) in [5.74, 6) is 0. The summed E-state index contributed by atoms with van der Waals surface area (Å²) in [6.45, 7) is 0. The second kappa shape index (κ2) is 6.22. The minimum Gasteiger partial charge on any atom is -0.399 e. The van der Waals surface area contributed by atoms with Gasteiger partial charge in [0.15, 0.2) is 0 Å². The normalized spacial score (nSPS) is 10.2. The third-order valence-corrected chi connectivity index (χ3v) is 3.30. The highest BCUT2D eigenvalue weighted by Gasteiger charge is 2.08. The summed E-state index contributed by atoms with van der Waals surface area (Å²) in [6.07, 6.45) is 0. The molecule has 0 heterocycles.